The average molecular weight is 525 g/mol. The second kappa shape index (κ2) is 9.16. The quantitative estimate of drug-likeness (QED) is 0.385. The van der Waals surface area contributed by atoms with Crippen LogP contribution in [0.3, 0.4) is 0 Å². The maximum atomic E-state index is 13.1. The van der Waals surface area contributed by atoms with Gasteiger partial charge in [-0.05, 0) is 43.2 Å². The molecule has 0 spiro atoms. The zero-order chi connectivity index (χ0) is 25.6. The number of halogens is 1. The van der Waals surface area contributed by atoms with Crippen LogP contribution >= 0.6 is 11.6 Å². The molecule has 1 aliphatic heterocycles. The van der Waals surface area contributed by atoms with E-state index in [4.69, 9.17) is 11.6 Å². The summed E-state index contributed by atoms with van der Waals surface area (Å²) < 4.78 is 27.4. The molecule has 3 aromatic rings. The van der Waals surface area contributed by atoms with Crippen LogP contribution in [0.2, 0.25) is 5.02 Å². The highest BCUT2D eigenvalue weighted by Crippen LogP contribution is 2.35. The topological polar surface area (TPSA) is 121 Å². The molecule has 8 nitrogen and oxygen atoms in total. The van der Waals surface area contributed by atoms with E-state index in [2.05, 4.69) is 5.32 Å². The van der Waals surface area contributed by atoms with Crippen LogP contribution in [-0.2, 0) is 10.0 Å². The molecule has 10 heteroatoms. The van der Waals surface area contributed by atoms with E-state index in [1.165, 1.54) is 40.7 Å². The van der Waals surface area contributed by atoms with Crippen molar-refractivity contribution in [2.45, 2.75) is 24.2 Å². The van der Waals surface area contributed by atoms with E-state index >= 15 is 0 Å². The van der Waals surface area contributed by atoms with E-state index in [1.54, 1.807) is 18.2 Å². The third-order valence-electron chi connectivity index (χ3n) is 6.44. The molecule has 5 rings (SSSR count). The minimum absolute atomic E-state index is 0.0635. The first-order valence-corrected chi connectivity index (χ1v) is 13.2. The average Bonchev–Trinajstić information content (AvgIpc) is 2.88. The first-order valence-electron chi connectivity index (χ1n) is 11.4. The van der Waals surface area contributed by atoms with E-state index in [1.807, 2.05) is 0 Å². The number of benzene rings is 3. The van der Waals surface area contributed by atoms with Gasteiger partial charge in [-0.15, -0.1) is 0 Å². The molecular formula is C26H21ClN2O6S. The number of carbonyl (C=O) groups excluding carboxylic acids is 3. The van der Waals surface area contributed by atoms with Crippen molar-refractivity contribution in [1.82, 2.24) is 4.31 Å². The highest BCUT2D eigenvalue weighted by atomic mass is 35.5. The largest absolute Gasteiger partial charge is 0.506 e. The van der Waals surface area contributed by atoms with Crippen LogP contribution < -0.4 is 5.32 Å². The molecule has 3 aromatic carbocycles. The molecule has 0 saturated carbocycles. The number of rotatable bonds is 4. The lowest BCUT2D eigenvalue weighted by Gasteiger charge is -2.26. The van der Waals surface area contributed by atoms with Crippen LogP contribution in [0.15, 0.2) is 59.5 Å². The van der Waals surface area contributed by atoms with Gasteiger partial charge < -0.3 is 10.4 Å². The van der Waals surface area contributed by atoms with Crippen LogP contribution in [0.4, 0.5) is 5.69 Å². The number of phenols is 1. The third-order valence-corrected chi connectivity index (χ3v) is 8.73. The Labute approximate surface area is 212 Å². The fourth-order valence-electron chi connectivity index (χ4n) is 4.54. The summed E-state index contributed by atoms with van der Waals surface area (Å²) in [4.78, 5) is 39.0. The molecular weight excluding hydrogens is 504 g/mol. The van der Waals surface area contributed by atoms with Gasteiger partial charge in [0.15, 0.2) is 11.6 Å². The second-order valence-corrected chi connectivity index (χ2v) is 11.0. The van der Waals surface area contributed by atoms with Gasteiger partial charge in [0.1, 0.15) is 5.75 Å². The molecule has 1 amide bonds. The normalized spacial score (nSPS) is 15.8. The Hall–Kier alpha value is -3.53. The van der Waals surface area contributed by atoms with Gasteiger partial charge in [-0.25, -0.2) is 8.42 Å². The lowest BCUT2D eigenvalue weighted by molar-refractivity contribution is 0.0978. The highest BCUT2D eigenvalue weighted by Gasteiger charge is 2.33. The van der Waals surface area contributed by atoms with Crippen LogP contribution in [0.1, 0.15) is 61.5 Å². The zero-order valence-electron chi connectivity index (χ0n) is 19.0. The molecule has 0 aromatic heterocycles. The van der Waals surface area contributed by atoms with Gasteiger partial charge in [0.05, 0.1) is 26.7 Å². The van der Waals surface area contributed by atoms with E-state index in [0.717, 1.165) is 19.3 Å². The summed E-state index contributed by atoms with van der Waals surface area (Å²) in [6.45, 7) is 0.816. The predicted octanol–water partition coefficient (Wildman–Crippen LogP) is 4.25. The Bertz CT molecular complexity index is 1540. The van der Waals surface area contributed by atoms with Crippen molar-refractivity contribution >= 4 is 44.8 Å². The van der Waals surface area contributed by atoms with Gasteiger partial charge in [0.2, 0.25) is 10.0 Å². The number of sulfonamides is 1. The van der Waals surface area contributed by atoms with Crippen LogP contribution in [0.5, 0.6) is 5.75 Å². The summed E-state index contributed by atoms with van der Waals surface area (Å²) in [5.74, 6) is -1.96. The van der Waals surface area contributed by atoms with Gasteiger partial charge in [0, 0.05) is 29.8 Å². The second-order valence-electron chi connectivity index (χ2n) is 8.65. The molecule has 1 saturated heterocycles. The summed E-state index contributed by atoms with van der Waals surface area (Å²) in [7, 11) is -3.80. The molecule has 2 aliphatic rings. The number of amides is 1. The monoisotopic (exact) mass is 524 g/mol. The van der Waals surface area contributed by atoms with Gasteiger partial charge in [-0.3, -0.25) is 14.4 Å². The van der Waals surface area contributed by atoms with Crippen molar-refractivity contribution in [3.8, 4) is 5.75 Å². The number of carbonyl (C=O) groups is 3. The van der Waals surface area contributed by atoms with Crippen molar-refractivity contribution < 1.29 is 27.9 Å². The Morgan fingerprint density at radius 3 is 2.25 bits per heavy atom. The van der Waals surface area contributed by atoms with Crippen molar-refractivity contribution in [3.05, 3.63) is 87.4 Å². The van der Waals surface area contributed by atoms with Crippen molar-refractivity contribution in [2.24, 2.45) is 0 Å². The molecule has 184 valence electrons. The lowest BCUT2D eigenvalue weighted by atomic mass is 9.83. The number of aromatic hydroxyl groups is 1. The van der Waals surface area contributed by atoms with Gasteiger partial charge in [-0.1, -0.05) is 42.3 Å². The van der Waals surface area contributed by atoms with E-state index in [0.29, 0.717) is 13.1 Å². The summed E-state index contributed by atoms with van der Waals surface area (Å²) in [6, 6.07) is 12.7. The van der Waals surface area contributed by atoms with Gasteiger partial charge in [-0.2, -0.15) is 4.31 Å². The maximum Gasteiger partial charge on any atom is 0.257 e. The molecule has 1 fully saturated rings. The number of phenolic OH excluding ortho intramolecular Hbond substituents is 1. The van der Waals surface area contributed by atoms with Crippen LogP contribution in [0, 0.1) is 0 Å². The number of nitrogens with zero attached hydrogens (tertiary/aromatic N) is 1. The van der Waals surface area contributed by atoms with Gasteiger partial charge in [0.25, 0.3) is 5.91 Å². The SMILES string of the molecule is O=C(Nc1cc(S(=O)(=O)N2CCCCC2)ccc1O)c1ccc2c(c1Cl)C(=O)c1ccccc1C2=O. The number of fused-ring (bicyclic) bond motifs is 2. The maximum absolute atomic E-state index is 13.1. The van der Waals surface area contributed by atoms with Crippen molar-refractivity contribution in [3.63, 3.8) is 0 Å². The molecule has 0 bridgehead atoms. The minimum Gasteiger partial charge on any atom is -0.506 e. The minimum atomic E-state index is -3.80. The summed E-state index contributed by atoms with van der Waals surface area (Å²) in [6.07, 6.45) is 2.50. The molecule has 36 heavy (non-hydrogen) atoms. The lowest BCUT2D eigenvalue weighted by Crippen LogP contribution is -2.35. The fraction of sp³-hybridized carbons (Fsp3) is 0.192. The first kappa shape index (κ1) is 24.2. The molecule has 1 aliphatic carbocycles. The van der Waals surface area contributed by atoms with Crippen LogP contribution in [0.25, 0.3) is 0 Å². The Morgan fingerprint density at radius 1 is 0.889 bits per heavy atom. The van der Waals surface area contributed by atoms with Crippen molar-refractivity contribution in [2.75, 3.05) is 18.4 Å². The Morgan fingerprint density at radius 2 is 1.56 bits per heavy atom. The Kier molecular flexibility index (Phi) is 6.15. The van der Waals surface area contributed by atoms with Gasteiger partial charge >= 0.3 is 0 Å². The number of ketones is 2. The fourth-order valence-corrected chi connectivity index (χ4v) is 6.42. The third kappa shape index (κ3) is 3.99. The summed E-state index contributed by atoms with van der Waals surface area (Å²) >= 11 is 6.46. The first-order chi connectivity index (χ1) is 17.2. The molecule has 0 atom stereocenters. The highest BCUT2D eigenvalue weighted by molar-refractivity contribution is 7.89. The number of piperidine rings is 1. The number of hydrogen-bond donors (Lipinski definition) is 2. The van der Waals surface area contributed by atoms with Crippen LogP contribution in [-0.4, -0.2) is 48.4 Å². The number of anilines is 1. The predicted molar refractivity (Wildman–Crippen MR) is 133 cm³/mol. The Balaban J connectivity index is 1.47. The summed E-state index contributed by atoms with van der Waals surface area (Å²) in [5.41, 5.74) is 0.262. The standard InChI is InChI=1S/C26H21ClN2O6S/c27-23-19(10-9-18-22(23)25(32)17-7-3-2-6-16(17)24(18)31)26(33)28-20-14-15(8-11-21(20)30)36(34,35)29-12-4-1-5-13-29/h2-3,6-11,14,30H,1,4-5,12-13H2,(H,28,33). The van der Waals surface area contributed by atoms with Crippen molar-refractivity contribution in [1.29, 1.82) is 0 Å². The van der Waals surface area contributed by atoms with E-state index in [9.17, 15) is 27.9 Å². The molecule has 1 heterocycles. The molecule has 0 radical (unpaired) electrons. The molecule has 2 N–H and O–H groups in total. The number of nitrogens with one attached hydrogen (secondary N) is 1. The number of hydrogen-bond acceptors (Lipinski definition) is 6. The zero-order valence-corrected chi connectivity index (χ0v) is 20.5. The van der Waals surface area contributed by atoms with E-state index in [-0.39, 0.29) is 55.0 Å². The molecule has 0 unspecified atom stereocenters. The van der Waals surface area contributed by atoms with E-state index < -0.39 is 21.7 Å². The smallest absolute Gasteiger partial charge is 0.257 e. The summed E-state index contributed by atoms with van der Waals surface area (Å²) in [5, 5.41) is 12.6.